The van der Waals surface area contributed by atoms with Crippen LogP contribution in [0.1, 0.15) is 11.1 Å². The molecule has 0 atom stereocenters. The van der Waals surface area contributed by atoms with Crippen LogP contribution in [0, 0.1) is 12.7 Å². The third-order valence-corrected chi connectivity index (χ3v) is 6.46. The lowest BCUT2D eigenvalue weighted by Crippen LogP contribution is -2.21. The van der Waals surface area contributed by atoms with Crippen molar-refractivity contribution in [3.8, 4) is 11.1 Å². The molecule has 0 amide bonds. The predicted molar refractivity (Wildman–Crippen MR) is 121 cm³/mol. The number of hydrogen-bond donors (Lipinski definition) is 0. The van der Waals surface area contributed by atoms with Crippen LogP contribution in [0.15, 0.2) is 68.2 Å². The molecule has 0 saturated heterocycles. The Hall–Kier alpha value is -3.29. The standard InChI is InChI=1S/C23H14ClFN2O3S/c1-12-6-19-16(8-18(12)24)14(7-20(28)30-19)9-27-11-26-22-21(23(27)29)17(10-31-22)13-2-4-15(25)5-3-13/h2-8,10-11H,9H2,1H3. The van der Waals surface area contributed by atoms with E-state index in [2.05, 4.69) is 4.98 Å². The van der Waals surface area contributed by atoms with Gasteiger partial charge in [0.1, 0.15) is 16.2 Å². The molecule has 0 saturated carbocycles. The summed E-state index contributed by atoms with van der Waals surface area (Å²) in [6.45, 7) is 1.95. The summed E-state index contributed by atoms with van der Waals surface area (Å²) in [5.41, 5.74) is 2.49. The smallest absolute Gasteiger partial charge is 0.336 e. The number of aromatic nitrogens is 2. The van der Waals surface area contributed by atoms with Crippen molar-refractivity contribution >= 4 is 44.1 Å². The van der Waals surface area contributed by atoms with E-state index in [9.17, 15) is 14.0 Å². The summed E-state index contributed by atoms with van der Waals surface area (Å²) in [5, 5.41) is 3.50. The fourth-order valence-corrected chi connectivity index (χ4v) is 4.65. The Labute approximate surface area is 184 Å². The van der Waals surface area contributed by atoms with Crippen LogP contribution in [0.5, 0.6) is 0 Å². The molecule has 3 heterocycles. The Morgan fingerprint density at radius 3 is 2.71 bits per heavy atom. The number of benzene rings is 2. The van der Waals surface area contributed by atoms with E-state index in [1.54, 1.807) is 24.3 Å². The van der Waals surface area contributed by atoms with Crippen LogP contribution in [0.25, 0.3) is 32.3 Å². The Balaban J connectivity index is 1.67. The summed E-state index contributed by atoms with van der Waals surface area (Å²) in [7, 11) is 0. The van der Waals surface area contributed by atoms with Crippen molar-refractivity contribution in [2.24, 2.45) is 0 Å². The molecule has 5 nitrogen and oxygen atoms in total. The fourth-order valence-electron chi connectivity index (χ4n) is 3.58. The van der Waals surface area contributed by atoms with E-state index in [-0.39, 0.29) is 17.9 Å². The van der Waals surface area contributed by atoms with E-state index < -0.39 is 5.63 Å². The predicted octanol–water partition coefficient (Wildman–Crippen LogP) is 5.38. The van der Waals surface area contributed by atoms with Crippen LogP contribution in [0.2, 0.25) is 5.02 Å². The van der Waals surface area contributed by atoms with Gasteiger partial charge in [-0.1, -0.05) is 23.7 Å². The molecule has 8 heteroatoms. The largest absolute Gasteiger partial charge is 0.423 e. The molecule has 154 valence electrons. The van der Waals surface area contributed by atoms with Gasteiger partial charge in [0.25, 0.3) is 5.56 Å². The van der Waals surface area contributed by atoms with Gasteiger partial charge in [-0.3, -0.25) is 9.36 Å². The number of halogens is 2. The highest BCUT2D eigenvalue weighted by molar-refractivity contribution is 7.17. The Morgan fingerprint density at radius 2 is 1.94 bits per heavy atom. The third-order valence-electron chi connectivity index (χ3n) is 5.17. The highest BCUT2D eigenvalue weighted by atomic mass is 35.5. The van der Waals surface area contributed by atoms with Crippen LogP contribution in [0.4, 0.5) is 4.39 Å². The Kier molecular flexibility index (Phi) is 4.72. The molecule has 0 N–H and O–H groups in total. The highest BCUT2D eigenvalue weighted by Gasteiger charge is 2.15. The Morgan fingerprint density at radius 1 is 1.16 bits per heavy atom. The van der Waals surface area contributed by atoms with Gasteiger partial charge in [0.15, 0.2) is 0 Å². The van der Waals surface area contributed by atoms with Crippen molar-refractivity contribution in [1.29, 1.82) is 0 Å². The molecule has 2 aromatic carbocycles. The molecule has 0 fully saturated rings. The maximum Gasteiger partial charge on any atom is 0.336 e. The van der Waals surface area contributed by atoms with Crippen molar-refractivity contribution in [2.45, 2.75) is 13.5 Å². The van der Waals surface area contributed by atoms with Crippen molar-refractivity contribution in [1.82, 2.24) is 9.55 Å². The highest BCUT2D eigenvalue weighted by Crippen LogP contribution is 2.31. The van der Waals surface area contributed by atoms with E-state index >= 15 is 0 Å². The minimum atomic E-state index is -0.506. The topological polar surface area (TPSA) is 65.1 Å². The number of rotatable bonds is 3. The van der Waals surface area contributed by atoms with E-state index in [1.165, 1.54) is 40.4 Å². The molecule has 5 rings (SSSR count). The first kappa shape index (κ1) is 19.7. The van der Waals surface area contributed by atoms with E-state index in [0.717, 1.165) is 11.1 Å². The van der Waals surface area contributed by atoms with Crippen LogP contribution in [-0.4, -0.2) is 9.55 Å². The van der Waals surface area contributed by atoms with Gasteiger partial charge in [-0.05, 0) is 47.9 Å². The first-order valence-electron chi connectivity index (χ1n) is 9.36. The number of hydrogen-bond acceptors (Lipinski definition) is 5. The average molecular weight is 453 g/mol. The van der Waals surface area contributed by atoms with Crippen LogP contribution >= 0.6 is 22.9 Å². The van der Waals surface area contributed by atoms with Gasteiger partial charge in [0, 0.05) is 27.4 Å². The number of fused-ring (bicyclic) bond motifs is 2. The molecule has 31 heavy (non-hydrogen) atoms. The summed E-state index contributed by atoms with van der Waals surface area (Å²) < 4.78 is 20.1. The first-order valence-corrected chi connectivity index (χ1v) is 10.6. The van der Waals surface area contributed by atoms with Crippen molar-refractivity contribution in [3.05, 3.63) is 96.9 Å². The minimum Gasteiger partial charge on any atom is -0.423 e. The van der Waals surface area contributed by atoms with E-state index in [0.29, 0.717) is 37.3 Å². The lowest BCUT2D eigenvalue weighted by atomic mass is 10.1. The number of aryl methyl sites for hydroxylation is 1. The summed E-state index contributed by atoms with van der Waals surface area (Å²) in [6.07, 6.45) is 1.46. The fraction of sp³-hybridized carbons (Fsp3) is 0.0870. The van der Waals surface area contributed by atoms with Gasteiger partial charge in [-0.25, -0.2) is 14.2 Å². The maximum atomic E-state index is 13.3. The van der Waals surface area contributed by atoms with Crippen LogP contribution < -0.4 is 11.2 Å². The molecule has 0 unspecified atom stereocenters. The van der Waals surface area contributed by atoms with Gasteiger partial charge >= 0.3 is 5.63 Å². The molecule has 0 bridgehead atoms. The lowest BCUT2D eigenvalue weighted by molar-refractivity contribution is 0.557. The molecular formula is C23H14ClFN2O3S. The quantitative estimate of drug-likeness (QED) is 0.345. The second-order valence-corrected chi connectivity index (χ2v) is 8.47. The normalized spacial score (nSPS) is 11.5. The molecule has 3 aromatic heterocycles. The molecule has 5 aromatic rings. The number of thiophene rings is 1. The molecule has 0 aliphatic carbocycles. The van der Waals surface area contributed by atoms with Gasteiger partial charge < -0.3 is 4.42 Å². The van der Waals surface area contributed by atoms with Gasteiger partial charge in [-0.15, -0.1) is 11.3 Å². The Bertz CT molecular complexity index is 1590. The van der Waals surface area contributed by atoms with E-state index in [4.69, 9.17) is 16.0 Å². The molecule has 0 spiro atoms. The summed E-state index contributed by atoms with van der Waals surface area (Å²) in [4.78, 5) is 30.4. The molecule has 0 aliphatic rings. The first-order chi connectivity index (χ1) is 14.9. The molecule has 0 aliphatic heterocycles. The molecular weight excluding hydrogens is 439 g/mol. The molecule has 0 radical (unpaired) electrons. The zero-order chi connectivity index (χ0) is 21.7. The summed E-state index contributed by atoms with van der Waals surface area (Å²) >= 11 is 7.62. The van der Waals surface area contributed by atoms with Crippen LogP contribution in [0.3, 0.4) is 0 Å². The average Bonchev–Trinajstić information content (AvgIpc) is 3.17. The monoisotopic (exact) mass is 452 g/mol. The maximum absolute atomic E-state index is 13.3. The second-order valence-electron chi connectivity index (χ2n) is 7.20. The summed E-state index contributed by atoms with van der Waals surface area (Å²) in [5.74, 6) is -0.345. The van der Waals surface area contributed by atoms with Crippen LogP contribution in [-0.2, 0) is 6.54 Å². The van der Waals surface area contributed by atoms with Crippen molar-refractivity contribution in [3.63, 3.8) is 0 Å². The van der Waals surface area contributed by atoms with Crippen molar-refractivity contribution < 1.29 is 8.81 Å². The zero-order valence-corrected chi connectivity index (χ0v) is 17.8. The van der Waals surface area contributed by atoms with Gasteiger partial charge in [0.2, 0.25) is 0 Å². The second kappa shape index (κ2) is 7.44. The van der Waals surface area contributed by atoms with Crippen molar-refractivity contribution in [2.75, 3.05) is 0 Å². The van der Waals surface area contributed by atoms with Gasteiger partial charge in [0.05, 0.1) is 18.3 Å². The SMILES string of the molecule is Cc1cc2oc(=O)cc(Cn3cnc4scc(-c5ccc(F)cc5)c4c3=O)c2cc1Cl. The van der Waals surface area contributed by atoms with Gasteiger partial charge in [-0.2, -0.15) is 0 Å². The third kappa shape index (κ3) is 3.45. The minimum absolute atomic E-state index is 0.127. The van der Waals surface area contributed by atoms with E-state index in [1.807, 2.05) is 12.3 Å². The lowest BCUT2D eigenvalue weighted by Gasteiger charge is -2.10. The number of nitrogens with zero attached hydrogens (tertiary/aromatic N) is 2. The summed E-state index contributed by atoms with van der Waals surface area (Å²) in [6, 6.07) is 10.8. The zero-order valence-electron chi connectivity index (χ0n) is 16.2.